The average Bonchev–Trinajstić information content (AvgIpc) is 2.54. The zero-order valence-electron chi connectivity index (χ0n) is 12.5. The molecule has 1 saturated heterocycles. The highest BCUT2D eigenvalue weighted by atomic mass is 32.2. The molecule has 1 fully saturated rings. The molecule has 10 nitrogen and oxygen atoms in total. The van der Waals surface area contributed by atoms with E-state index in [0.29, 0.717) is 5.06 Å². The van der Waals surface area contributed by atoms with Crippen LogP contribution in [0.4, 0.5) is 0 Å². The molecule has 1 aromatic rings. The second kappa shape index (κ2) is 7.38. The number of hydroxylamine groups is 2. The standard InChI is InChI=1S/C13H15N3O7S/c1-22-14-7-11-12(13(18)16(11)24(19,20)21)15(9-17)23-8-10-5-3-2-4-6-10/h2-7,9,11-12H,8H2,1H3,(H,19,20,21)/b14-7+/t11-,12+/m1/s1. The average molecular weight is 357 g/mol. The number of β-lactam (4-membered cyclic amide) rings is 1. The Hall–Kier alpha value is -2.50. The van der Waals surface area contributed by atoms with Crippen molar-refractivity contribution in [2.45, 2.75) is 18.7 Å². The third-order valence-corrected chi connectivity index (χ3v) is 4.15. The summed E-state index contributed by atoms with van der Waals surface area (Å²) in [7, 11) is -3.58. The minimum atomic E-state index is -4.80. The normalized spacial score (nSPS) is 20.8. The van der Waals surface area contributed by atoms with Crippen LogP contribution in [0.5, 0.6) is 0 Å². The number of oxime groups is 1. The lowest BCUT2D eigenvalue weighted by atomic mass is 10.0. The summed E-state index contributed by atoms with van der Waals surface area (Å²) in [5, 5.41) is 4.07. The molecule has 11 heteroatoms. The largest absolute Gasteiger partial charge is 0.399 e. The van der Waals surface area contributed by atoms with Gasteiger partial charge >= 0.3 is 10.3 Å². The molecule has 1 aromatic carbocycles. The lowest BCUT2D eigenvalue weighted by Gasteiger charge is -2.44. The molecule has 0 aliphatic carbocycles. The molecular formula is C13H15N3O7S. The Morgan fingerprint density at radius 2 is 2.04 bits per heavy atom. The maximum absolute atomic E-state index is 12.0. The monoisotopic (exact) mass is 357 g/mol. The molecule has 1 aliphatic rings. The Bertz CT molecular complexity index is 722. The molecule has 24 heavy (non-hydrogen) atoms. The second-order valence-corrected chi connectivity index (χ2v) is 6.00. The van der Waals surface area contributed by atoms with Crippen LogP contribution < -0.4 is 0 Å². The van der Waals surface area contributed by atoms with Crippen LogP contribution in [-0.4, -0.2) is 60.1 Å². The summed E-state index contributed by atoms with van der Waals surface area (Å²) in [5.74, 6) is -1.02. The van der Waals surface area contributed by atoms with E-state index in [2.05, 4.69) is 9.99 Å². The van der Waals surface area contributed by atoms with Crippen molar-refractivity contribution in [1.29, 1.82) is 0 Å². The van der Waals surface area contributed by atoms with Gasteiger partial charge in [-0.1, -0.05) is 35.5 Å². The summed E-state index contributed by atoms with van der Waals surface area (Å²) >= 11 is 0. The van der Waals surface area contributed by atoms with Crippen molar-refractivity contribution in [2.24, 2.45) is 5.16 Å². The molecule has 0 aromatic heterocycles. The summed E-state index contributed by atoms with van der Waals surface area (Å²) in [6.45, 7) is -0.0105. The molecule has 0 saturated carbocycles. The first-order valence-corrected chi connectivity index (χ1v) is 8.07. The fraction of sp³-hybridized carbons (Fsp3) is 0.308. The molecular weight excluding hydrogens is 342 g/mol. The Morgan fingerprint density at radius 3 is 2.58 bits per heavy atom. The Balaban J connectivity index is 2.15. The molecule has 2 atom stereocenters. The first-order valence-electron chi connectivity index (χ1n) is 6.68. The van der Waals surface area contributed by atoms with Crippen molar-refractivity contribution in [2.75, 3.05) is 7.11 Å². The van der Waals surface area contributed by atoms with Gasteiger partial charge in [-0.2, -0.15) is 8.42 Å². The van der Waals surface area contributed by atoms with E-state index in [1.165, 1.54) is 7.11 Å². The maximum Gasteiger partial charge on any atom is 0.362 e. The van der Waals surface area contributed by atoms with E-state index in [4.69, 9.17) is 9.39 Å². The van der Waals surface area contributed by atoms with Gasteiger partial charge in [-0.3, -0.25) is 19.0 Å². The minimum Gasteiger partial charge on any atom is -0.399 e. The second-order valence-electron chi connectivity index (χ2n) is 4.71. The van der Waals surface area contributed by atoms with Gasteiger partial charge in [0.15, 0.2) is 6.04 Å². The lowest BCUT2D eigenvalue weighted by Crippen LogP contribution is -2.72. The van der Waals surface area contributed by atoms with Crippen LogP contribution in [0.1, 0.15) is 5.56 Å². The highest BCUT2D eigenvalue weighted by Crippen LogP contribution is 2.27. The van der Waals surface area contributed by atoms with Crippen LogP contribution in [-0.2, 0) is 36.2 Å². The number of benzene rings is 1. The predicted octanol–water partition coefficient (Wildman–Crippen LogP) is -0.409. The first-order chi connectivity index (χ1) is 11.4. The fourth-order valence-corrected chi connectivity index (χ4v) is 2.97. The highest BCUT2D eigenvalue weighted by Gasteiger charge is 2.56. The number of carbonyl (C=O) groups excluding carboxylic acids is 2. The van der Waals surface area contributed by atoms with E-state index in [0.717, 1.165) is 11.8 Å². The molecule has 0 unspecified atom stereocenters. The van der Waals surface area contributed by atoms with Crippen LogP contribution in [0.25, 0.3) is 0 Å². The molecule has 130 valence electrons. The van der Waals surface area contributed by atoms with E-state index in [-0.39, 0.29) is 17.3 Å². The Morgan fingerprint density at radius 1 is 1.38 bits per heavy atom. The van der Waals surface area contributed by atoms with Crippen molar-refractivity contribution in [3.8, 4) is 0 Å². The third kappa shape index (κ3) is 3.69. The van der Waals surface area contributed by atoms with Crippen molar-refractivity contribution >= 4 is 28.8 Å². The van der Waals surface area contributed by atoms with Crippen LogP contribution in [0.2, 0.25) is 0 Å². The van der Waals surface area contributed by atoms with Gasteiger partial charge in [0, 0.05) is 0 Å². The van der Waals surface area contributed by atoms with E-state index < -0.39 is 28.3 Å². The van der Waals surface area contributed by atoms with Crippen LogP contribution >= 0.6 is 0 Å². The molecule has 1 aliphatic heterocycles. The molecule has 1 heterocycles. The predicted molar refractivity (Wildman–Crippen MR) is 80.6 cm³/mol. The van der Waals surface area contributed by atoms with Crippen molar-refractivity contribution < 1.29 is 32.2 Å². The van der Waals surface area contributed by atoms with Gasteiger partial charge in [0.1, 0.15) is 19.8 Å². The summed E-state index contributed by atoms with van der Waals surface area (Å²) < 4.78 is 31.8. The first kappa shape index (κ1) is 17.8. The minimum absolute atomic E-state index is 0.0105. The Kier molecular flexibility index (Phi) is 5.49. The summed E-state index contributed by atoms with van der Waals surface area (Å²) in [4.78, 5) is 32.9. The number of amides is 2. The van der Waals surface area contributed by atoms with E-state index >= 15 is 0 Å². The van der Waals surface area contributed by atoms with E-state index in [9.17, 15) is 18.0 Å². The van der Waals surface area contributed by atoms with Crippen molar-refractivity contribution in [3.63, 3.8) is 0 Å². The van der Waals surface area contributed by atoms with Gasteiger partial charge in [0.05, 0.1) is 6.21 Å². The Labute approximate surface area is 138 Å². The van der Waals surface area contributed by atoms with Gasteiger partial charge in [-0.25, -0.2) is 9.37 Å². The lowest BCUT2D eigenvalue weighted by molar-refractivity contribution is -0.211. The highest BCUT2D eigenvalue weighted by molar-refractivity contribution is 7.84. The maximum atomic E-state index is 12.0. The summed E-state index contributed by atoms with van der Waals surface area (Å²) in [5.41, 5.74) is 0.741. The molecule has 2 rings (SSSR count). The smallest absolute Gasteiger partial charge is 0.362 e. The van der Waals surface area contributed by atoms with E-state index in [1.807, 2.05) is 0 Å². The van der Waals surface area contributed by atoms with Gasteiger partial charge in [-0.05, 0) is 5.56 Å². The van der Waals surface area contributed by atoms with Crippen LogP contribution in [0.3, 0.4) is 0 Å². The van der Waals surface area contributed by atoms with Gasteiger partial charge in [-0.15, -0.1) is 0 Å². The number of carbonyl (C=O) groups is 2. The molecule has 0 radical (unpaired) electrons. The van der Waals surface area contributed by atoms with Crippen molar-refractivity contribution in [1.82, 2.24) is 9.37 Å². The van der Waals surface area contributed by atoms with E-state index in [1.54, 1.807) is 30.3 Å². The van der Waals surface area contributed by atoms with Crippen molar-refractivity contribution in [3.05, 3.63) is 35.9 Å². The van der Waals surface area contributed by atoms with Gasteiger partial charge < -0.3 is 4.84 Å². The van der Waals surface area contributed by atoms with Crippen LogP contribution in [0, 0.1) is 0 Å². The number of rotatable bonds is 8. The SMILES string of the molecule is CO/N=C/[C@@H]1[C@H](N(C=O)OCc2ccccc2)C(=O)N1S(=O)(=O)O. The summed E-state index contributed by atoms with van der Waals surface area (Å²) in [6.07, 6.45) is 1.22. The molecule has 0 spiro atoms. The fourth-order valence-electron chi connectivity index (χ4n) is 2.16. The number of nitrogens with zero attached hydrogens (tertiary/aromatic N) is 3. The zero-order valence-corrected chi connectivity index (χ0v) is 13.4. The third-order valence-electron chi connectivity index (χ3n) is 3.23. The van der Waals surface area contributed by atoms with Gasteiger partial charge in [0.25, 0.3) is 5.91 Å². The molecule has 0 bridgehead atoms. The molecule has 2 amide bonds. The topological polar surface area (TPSA) is 126 Å². The number of hydrogen-bond donors (Lipinski definition) is 1. The molecule has 1 N–H and O–H groups in total. The number of hydrogen-bond acceptors (Lipinski definition) is 7. The zero-order chi connectivity index (χ0) is 17.7. The van der Waals surface area contributed by atoms with Gasteiger partial charge in [0.2, 0.25) is 6.41 Å². The quantitative estimate of drug-likeness (QED) is 0.220. The summed E-state index contributed by atoms with van der Waals surface area (Å²) in [6, 6.07) is 6.32. The van der Waals surface area contributed by atoms with Crippen LogP contribution in [0.15, 0.2) is 35.5 Å².